The molecule has 0 aromatic heterocycles. The van der Waals surface area contributed by atoms with E-state index in [4.69, 9.17) is 15.2 Å². The summed E-state index contributed by atoms with van der Waals surface area (Å²) in [6, 6.07) is 6.96. The molecule has 6 heteroatoms. The van der Waals surface area contributed by atoms with E-state index >= 15 is 0 Å². The third kappa shape index (κ3) is 2.25. The van der Waals surface area contributed by atoms with Gasteiger partial charge in [0.25, 0.3) is 0 Å². The van der Waals surface area contributed by atoms with Gasteiger partial charge in [-0.3, -0.25) is 0 Å². The predicted molar refractivity (Wildman–Crippen MR) is 59.4 cm³/mol. The van der Waals surface area contributed by atoms with Gasteiger partial charge in [0.2, 0.25) is 11.6 Å². The third-order valence-corrected chi connectivity index (χ3v) is 2.05. The summed E-state index contributed by atoms with van der Waals surface area (Å²) >= 11 is 0. The molecule has 0 aliphatic carbocycles. The lowest BCUT2D eigenvalue weighted by Crippen LogP contribution is -2.15. The van der Waals surface area contributed by atoms with E-state index in [2.05, 4.69) is 10.2 Å². The molecular weight excluding hydrogens is 222 g/mol. The molecule has 0 unspecified atom stereocenters. The summed E-state index contributed by atoms with van der Waals surface area (Å²) in [4.78, 5) is 11.5. The lowest BCUT2D eigenvalue weighted by molar-refractivity contribution is -0.138. The minimum atomic E-state index is -0.651. The van der Waals surface area contributed by atoms with Gasteiger partial charge in [-0.1, -0.05) is 12.1 Å². The highest BCUT2D eigenvalue weighted by atomic mass is 16.5. The maximum atomic E-state index is 11.5. The van der Waals surface area contributed by atoms with E-state index in [9.17, 15) is 4.79 Å². The van der Waals surface area contributed by atoms with Crippen LogP contribution < -0.4 is 10.5 Å². The number of azo groups is 1. The summed E-state index contributed by atoms with van der Waals surface area (Å²) in [6.07, 6.45) is 0. The molecule has 0 saturated heterocycles. The number of para-hydroxylation sites is 1. The highest BCUT2D eigenvalue weighted by Crippen LogP contribution is 2.31. The molecule has 88 valence electrons. The second-order valence-corrected chi connectivity index (χ2v) is 3.20. The highest BCUT2D eigenvalue weighted by molar-refractivity contribution is 5.88. The molecule has 1 heterocycles. The Morgan fingerprint density at radius 2 is 2.18 bits per heavy atom. The average molecular weight is 233 g/mol. The first kappa shape index (κ1) is 11.1. The van der Waals surface area contributed by atoms with Gasteiger partial charge in [0.05, 0.1) is 6.61 Å². The Morgan fingerprint density at radius 3 is 2.94 bits per heavy atom. The molecule has 1 aromatic rings. The van der Waals surface area contributed by atoms with E-state index in [-0.39, 0.29) is 18.2 Å². The number of nitrogens with two attached hydrogens (primary N) is 1. The molecule has 2 rings (SSSR count). The smallest absolute Gasteiger partial charge is 0.364 e. The van der Waals surface area contributed by atoms with Crippen molar-refractivity contribution in [2.24, 2.45) is 16.0 Å². The summed E-state index contributed by atoms with van der Waals surface area (Å²) in [5, 5.41) is 7.63. The number of hydrogen-bond acceptors (Lipinski definition) is 6. The van der Waals surface area contributed by atoms with Gasteiger partial charge in [0, 0.05) is 0 Å². The maximum Gasteiger partial charge on any atom is 0.364 e. The molecule has 17 heavy (non-hydrogen) atoms. The topological polar surface area (TPSA) is 86.3 Å². The number of ether oxygens (including phenoxy) is 2. The van der Waals surface area contributed by atoms with Crippen LogP contribution in [0.2, 0.25) is 0 Å². The number of carbonyl (C=O) groups excluding carboxylic acids is 1. The molecule has 0 spiro atoms. The Labute approximate surface area is 97.7 Å². The lowest BCUT2D eigenvalue weighted by atomic mass is 10.3. The van der Waals surface area contributed by atoms with Gasteiger partial charge < -0.3 is 15.2 Å². The molecule has 0 saturated carbocycles. The Bertz CT molecular complexity index is 508. The lowest BCUT2D eigenvalue weighted by Gasteiger charge is -2.06. The highest BCUT2D eigenvalue weighted by Gasteiger charge is 2.20. The van der Waals surface area contributed by atoms with Crippen LogP contribution in [0.4, 0.5) is 5.69 Å². The van der Waals surface area contributed by atoms with E-state index in [1.54, 1.807) is 31.2 Å². The molecule has 0 fully saturated rings. The van der Waals surface area contributed by atoms with Crippen molar-refractivity contribution in [3.63, 3.8) is 0 Å². The van der Waals surface area contributed by atoms with Crippen molar-refractivity contribution < 1.29 is 14.3 Å². The SMILES string of the molecule is CCOC(=O)C1=C(N)Oc2ccccc2N=N1. The van der Waals surface area contributed by atoms with Crippen molar-refractivity contribution in [1.82, 2.24) is 0 Å². The minimum Gasteiger partial charge on any atom is -0.461 e. The number of fused-ring (bicyclic) bond motifs is 1. The van der Waals surface area contributed by atoms with E-state index in [0.29, 0.717) is 11.4 Å². The Hall–Kier alpha value is -2.37. The molecule has 2 N–H and O–H groups in total. The van der Waals surface area contributed by atoms with E-state index < -0.39 is 5.97 Å². The largest absolute Gasteiger partial charge is 0.461 e. The maximum absolute atomic E-state index is 11.5. The molecule has 0 radical (unpaired) electrons. The average Bonchev–Trinajstić information content (AvgIpc) is 2.47. The molecule has 0 amide bonds. The number of rotatable bonds is 2. The predicted octanol–water partition coefficient (Wildman–Crippen LogP) is 1.85. The minimum absolute atomic E-state index is 0.114. The number of carbonyl (C=O) groups is 1. The van der Waals surface area contributed by atoms with Crippen molar-refractivity contribution >= 4 is 11.7 Å². The second kappa shape index (κ2) is 4.65. The van der Waals surface area contributed by atoms with Crippen LogP contribution in [-0.2, 0) is 9.53 Å². The summed E-state index contributed by atoms with van der Waals surface area (Å²) in [7, 11) is 0. The first-order chi connectivity index (χ1) is 8.22. The van der Waals surface area contributed by atoms with Crippen LogP contribution in [0.25, 0.3) is 0 Å². The quantitative estimate of drug-likeness (QED) is 0.790. The van der Waals surface area contributed by atoms with Gasteiger partial charge in [-0.2, -0.15) is 0 Å². The van der Waals surface area contributed by atoms with Gasteiger partial charge in [-0.15, -0.1) is 10.2 Å². The van der Waals surface area contributed by atoms with E-state index in [1.165, 1.54) is 0 Å². The Balaban J connectivity index is 2.35. The fraction of sp³-hybridized carbons (Fsp3) is 0.182. The summed E-state index contributed by atoms with van der Waals surface area (Å²) < 4.78 is 10.1. The Morgan fingerprint density at radius 1 is 1.41 bits per heavy atom. The molecular formula is C11H11N3O3. The first-order valence-corrected chi connectivity index (χ1v) is 5.08. The molecule has 0 atom stereocenters. The van der Waals surface area contributed by atoms with Crippen molar-refractivity contribution in [3.05, 3.63) is 35.8 Å². The van der Waals surface area contributed by atoms with Crippen LogP contribution in [0.5, 0.6) is 5.75 Å². The zero-order chi connectivity index (χ0) is 12.3. The number of benzene rings is 1. The monoisotopic (exact) mass is 233 g/mol. The summed E-state index contributed by atoms with van der Waals surface area (Å²) in [5.74, 6) is -0.313. The van der Waals surface area contributed by atoms with Gasteiger partial charge in [0.15, 0.2) is 5.75 Å². The van der Waals surface area contributed by atoms with Crippen LogP contribution in [0.15, 0.2) is 46.1 Å². The van der Waals surface area contributed by atoms with Crippen LogP contribution in [0.3, 0.4) is 0 Å². The van der Waals surface area contributed by atoms with Crippen LogP contribution in [0, 0.1) is 0 Å². The summed E-state index contributed by atoms with van der Waals surface area (Å²) in [6.45, 7) is 1.93. The van der Waals surface area contributed by atoms with Crippen LogP contribution in [0.1, 0.15) is 6.92 Å². The number of esters is 1. The van der Waals surface area contributed by atoms with E-state index in [1.807, 2.05) is 0 Å². The van der Waals surface area contributed by atoms with Crippen molar-refractivity contribution in [3.8, 4) is 5.75 Å². The van der Waals surface area contributed by atoms with Gasteiger partial charge in [-0.05, 0) is 19.1 Å². The summed E-state index contributed by atoms with van der Waals surface area (Å²) in [5.41, 5.74) is 6.01. The van der Waals surface area contributed by atoms with E-state index in [0.717, 1.165) is 0 Å². The molecule has 1 aromatic carbocycles. The normalized spacial score (nSPS) is 13.7. The fourth-order valence-corrected chi connectivity index (χ4v) is 1.29. The second-order valence-electron chi connectivity index (χ2n) is 3.20. The van der Waals surface area contributed by atoms with Gasteiger partial charge in [-0.25, -0.2) is 4.79 Å². The first-order valence-electron chi connectivity index (χ1n) is 5.08. The number of hydrogen-bond donors (Lipinski definition) is 1. The Kier molecular flexibility index (Phi) is 3.04. The standard InChI is InChI=1S/C11H11N3O3/c1-2-16-11(15)9-10(12)17-8-6-4-3-5-7(8)13-14-9/h3-6H,2,12H2,1H3. The van der Waals surface area contributed by atoms with Crippen molar-refractivity contribution in [2.45, 2.75) is 6.92 Å². The third-order valence-electron chi connectivity index (χ3n) is 2.05. The molecule has 0 bridgehead atoms. The van der Waals surface area contributed by atoms with Crippen LogP contribution >= 0.6 is 0 Å². The molecule has 6 nitrogen and oxygen atoms in total. The van der Waals surface area contributed by atoms with Crippen molar-refractivity contribution in [1.29, 1.82) is 0 Å². The van der Waals surface area contributed by atoms with Gasteiger partial charge >= 0.3 is 5.97 Å². The number of nitrogens with zero attached hydrogens (tertiary/aromatic N) is 2. The zero-order valence-electron chi connectivity index (χ0n) is 9.21. The molecule has 1 aliphatic heterocycles. The van der Waals surface area contributed by atoms with Crippen molar-refractivity contribution in [2.75, 3.05) is 6.61 Å². The zero-order valence-corrected chi connectivity index (χ0v) is 9.21. The molecule has 1 aliphatic rings. The van der Waals surface area contributed by atoms with Gasteiger partial charge in [0.1, 0.15) is 5.69 Å². The van der Waals surface area contributed by atoms with Crippen LogP contribution in [-0.4, -0.2) is 12.6 Å². The fourth-order valence-electron chi connectivity index (χ4n) is 1.29.